The summed E-state index contributed by atoms with van der Waals surface area (Å²) in [7, 11) is 0. The second-order valence-corrected chi connectivity index (χ2v) is 7.28. The molecular weight excluding hydrogens is 324 g/mol. The molecule has 2 fully saturated rings. The maximum absolute atomic E-state index is 13.0. The second-order valence-electron chi connectivity index (χ2n) is 6.50. The average Bonchev–Trinajstić information content (AvgIpc) is 3.36. The number of nitrogens with zero attached hydrogens (tertiary/aromatic N) is 2. The Morgan fingerprint density at radius 2 is 2.29 bits per heavy atom. The van der Waals surface area contributed by atoms with Gasteiger partial charge < -0.3 is 14.2 Å². The molecular formula is C18H20N2O3S. The number of amides is 2. The van der Waals surface area contributed by atoms with E-state index in [0.717, 1.165) is 25.1 Å². The third kappa shape index (κ3) is 2.86. The number of furan rings is 1. The number of rotatable bonds is 4. The highest BCUT2D eigenvalue weighted by Crippen LogP contribution is 2.35. The summed E-state index contributed by atoms with van der Waals surface area (Å²) in [6.45, 7) is 1.73. The molecule has 2 amide bonds. The van der Waals surface area contributed by atoms with Gasteiger partial charge in [0.25, 0.3) is 0 Å². The number of carbonyl (C=O) groups is 2. The zero-order valence-electron chi connectivity index (χ0n) is 13.4. The molecule has 2 saturated heterocycles. The number of thiophene rings is 1. The molecule has 2 aliphatic heterocycles. The third-order valence-corrected chi connectivity index (χ3v) is 5.66. The van der Waals surface area contributed by atoms with Crippen molar-refractivity contribution in [2.75, 3.05) is 13.1 Å². The molecule has 4 rings (SSSR count). The van der Waals surface area contributed by atoms with Crippen molar-refractivity contribution in [3.63, 3.8) is 0 Å². The van der Waals surface area contributed by atoms with Gasteiger partial charge in [0.2, 0.25) is 11.8 Å². The van der Waals surface area contributed by atoms with Crippen LogP contribution in [0.5, 0.6) is 0 Å². The zero-order valence-corrected chi connectivity index (χ0v) is 14.2. The lowest BCUT2D eigenvalue weighted by molar-refractivity contribution is -0.136. The van der Waals surface area contributed by atoms with Crippen molar-refractivity contribution < 1.29 is 14.0 Å². The van der Waals surface area contributed by atoms with E-state index in [-0.39, 0.29) is 23.8 Å². The minimum atomic E-state index is -0.230. The van der Waals surface area contributed by atoms with Gasteiger partial charge in [0.05, 0.1) is 24.8 Å². The van der Waals surface area contributed by atoms with Gasteiger partial charge in [-0.2, -0.15) is 11.3 Å². The lowest BCUT2D eigenvalue weighted by Crippen LogP contribution is -2.36. The zero-order chi connectivity index (χ0) is 16.5. The van der Waals surface area contributed by atoms with Crippen LogP contribution in [0.4, 0.5) is 0 Å². The third-order valence-electron chi connectivity index (χ3n) is 4.95. The summed E-state index contributed by atoms with van der Waals surface area (Å²) < 4.78 is 5.32. The van der Waals surface area contributed by atoms with Gasteiger partial charge in [0.15, 0.2) is 0 Å². The standard InChI is InChI=1S/C18H20N2O3S/c21-17-9-14(10-19(17)11-15-3-2-7-23-15)18(22)20-6-1-4-16(20)13-5-8-24-12-13/h2-3,5,7-8,12,14,16H,1,4,6,9-11H2/t14-,16-/m0/s1. The van der Waals surface area contributed by atoms with E-state index in [1.54, 1.807) is 22.5 Å². The molecule has 6 heteroatoms. The molecule has 0 saturated carbocycles. The van der Waals surface area contributed by atoms with Gasteiger partial charge in [-0.05, 0) is 47.4 Å². The summed E-state index contributed by atoms with van der Waals surface area (Å²) in [5.74, 6) is 0.690. The van der Waals surface area contributed by atoms with Gasteiger partial charge in [0, 0.05) is 19.5 Å². The lowest BCUT2D eigenvalue weighted by Gasteiger charge is -2.27. The second kappa shape index (κ2) is 6.43. The molecule has 0 radical (unpaired) electrons. The number of likely N-dealkylation sites (tertiary alicyclic amines) is 2. The highest BCUT2D eigenvalue weighted by molar-refractivity contribution is 7.08. The maximum Gasteiger partial charge on any atom is 0.228 e. The first-order valence-corrected chi connectivity index (χ1v) is 9.29. The first-order chi connectivity index (χ1) is 11.7. The van der Waals surface area contributed by atoms with Crippen LogP contribution in [0.3, 0.4) is 0 Å². The van der Waals surface area contributed by atoms with E-state index in [1.807, 2.05) is 17.0 Å². The van der Waals surface area contributed by atoms with Crippen molar-refractivity contribution in [1.29, 1.82) is 0 Å². The molecule has 24 heavy (non-hydrogen) atoms. The molecule has 4 heterocycles. The fourth-order valence-electron chi connectivity index (χ4n) is 3.76. The summed E-state index contributed by atoms with van der Waals surface area (Å²) in [4.78, 5) is 28.9. The quantitative estimate of drug-likeness (QED) is 0.856. The number of hydrogen-bond donors (Lipinski definition) is 0. The van der Waals surface area contributed by atoms with Gasteiger partial charge in [-0.3, -0.25) is 9.59 Å². The molecule has 2 aromatic rings. The van der Waals surface area contributed by atoms with Crippen LogP contribution in [-0.2, 0) is 16.1 Å². The molecule has 0 unspecified atom stereocenters. The molecule has 0 aromatic carbocycles. The molecule has 5 nitrogen and oxygen atoms in total. The smallest absolute Gasteiger partial charge is 0.228 e. The number of carbonyl (C=O) groups excluding carboxylic acids is 2. The van der Waals surface area contributed by atoms with Gasteiger partial charge in [-0.15, -0.1) is 0 Å². The Labute approximate surface area is 144 Å². The van der Waals surface area contributed by atoms with Crippen molar-refractivity contribution >= 4 is 23.2 Å². The van der Waals surface area contributed by atoms with Crippen LogP contribution >= 0.6 is 11.3 Å². The Balaban J connectivity index is 1.44. The highest BCUT2D eigenvalue weighted by atomic mass is 32.1. The van der Waals surface area contributed by atoms with Crippen LogP contribution in [0.25, 0.3) is 0 Å². The Bertz CT molecular complexity index is 711. The molecule has 0 aliphatic carbocycles. The van der Waals surface area contributed by atoms with Crippen molar-refractivity contribution in [3.8, 4) is 0 Å². The van der Waals surface area contributed by atoms with E-state index in [4.69, 9.17) is 4.42 Å². The van der Waals surface area contributed by atoms with Gasteiger partial charge in [-0.1, -0.05) is 0 Å². The van der Waals surface area contributed by atoms with Crippen molar-refractivity contribution in [3.05, 3.63) is 46.5 Å². The Morgan fingerprint density at radius 1 is 1.38 bits per heavy atom. The van der Waals surface area contributed by atoms with E-state index < -0.39 is 0 Å². The summed E-state index contributed by atoms with van der Waals surface area (Å²) >= 11 is 1.66. The Kier molecular flexibility index (Phi) is 4.14. The van der Waals surface area contributed by atoms with Crippen LogP contribution < -0.4 is 0 Å². The molecule has 0 spiro atoms. The fourth-order valence-corrected chi connectivity index (χ4v) is 4.46. The molecule has 0 bridgehead atoms. The molecule has 0 N–H and O–H groups in total. The number of hydrogen-bond acceptors (Lipinski definition) is 4. The summed E-state index contributed by atoms with van der Waals surface area (Å²) in [5, 5.41) is 4.18. The van der Waals surface area contributed by atoms with Crippen molar-refractivity contribution in [2.24, 2.45) is 5.92 Å². The predicted octanol–water partition coefficient (Wildman–Crippen LogP) is 3.05. The summed E-state index contributed by atoms with van der Waals surface area (Å²) in [5.41, 5.74) is 1.22. The summed E-state index contributed by atoms with van der Waals surface area (Å²) in [6, 6.07) is 5.95. The lowest BCUT2D eigenvalue weighted by atomic mass is 10.0. The van der Waals surface area contributed by atoms with E-state index in [9.17, 15) is 9.59 Å². The topological polar surface area (TPSA) is 53.8 Å². The van der Waals surface area contributed by atoms with Crippen LogP contribution in [0, 0.1) is 5.92 Å². The monoisotopic (exact) mass is 344 g/mol. The average molecular weight is 344 g/mol. The first kappa shape index (κ1) is 15.4. The SMILES string of the molecule is O=C1C[C@H](C(=O)N2CCC[C@H]2c2ccsc2)CN1Cc1ccco1. The minimum absolute atomic E-state index is 0.0380. The van der Waals surface area contributed by atoms with Crippen molar-refractivity contribution in [2.45, 2.75) is 31.8 Å². The van der Waals surface area contributed by atoms with Crippen LogP contribution in [0.1, 0.15) is 36.6 Å². The Hall–Kier alpha value is -2.08. The van der Waals surface area contributed by atoms with Gasteiger partial charge in [-0.25, -0.2) is 0 Å². The largest absolute Gasteiger partial charge is 0.467 e. The van der Waals surface area contributed by atoms with Crippen molar-refractivity contribution in [1.82, 2.24) is 9.80 Å². The normalized spacial score (nSPS) is 24.1. The van der Waals surface area contributed by atoms with Crippen LogP contribution in [0.2, 0.25) is 0 Å². The van der Waals surface area contributed by atoms with Gasteiger partial charge in [0.1, 0.15) is 5.76 Å². The minimum Gasteiger partial charge on any atom is -0.467 e. The van der Waals surface area contributed by atoms with E-state index in [1.165, 1.54) is 5.56 Å². The molecule has 2 aliphatic rings. The first-order valence-electron chi connectivity index (χ1n) is 8.35. The van der Waals surface area contributed by atoms with E-state index >= 15 is 0 Å². The highest BCUT2D eigenvalue weighted by Gasteiger charge is 2.40. The Morgan fingerprint density at radius 3 is 3.04 bits per heavy atom. The molecule has 2 atom stereocenters. The summed E-state index contributed by atoms with van der Waals surface area (Å²) in [6.07, 6.45) is 3.96. The van der Waals surface area contributed by atoms with Crippen LogP contribution in [0.15, 0.2) is 39.6 Å². The molecule has 2 aromatic heterocycles. The fraction of sp³-hybridized carbons (Fsp3) is 0.444. The molecule has 126 valence electrons. The van der Waals surface area contributed by atoms with E-state index in [2.05, 4.69) is 16.8 Å². The van der Waals surface area contributed by atoms with Gasteiger partial charge >= 0.3 is 0 Å². The predicted molar refractivity (Wildman–Crippen MR) is 90.2 cm³/mol. The van der Waals surface area contributed by atoms with E-state index in [0.29, 0.717) is 19.5 Å². The maximum atomic E-state index is 13.0. The van der Waals surface area contributed by atoms with Crippen LogP contribution in [-0.4, -0.2) is 34.7 Å².